The van der Waals surface area contributed by atoms with E-state index in [1.165, 1.54) is 0 Å². The highest BCUT2D eigenvalue weighted by Gasteiger charge is 2.28. The molecule has 2 aromatic carbocycles. The average molecular weight is 441 g/mol. The molecular formula is C25H32N2O3S. The number of hydrogen-bond acceptors (Lipinski definition) is 4. The highest BCUT2D eigenvalue weighted by atomic mass is 32.1. The maximum absolute atomic E-state index is 12.8. The normalized spacial score (nSPS) is 10.8. The number of rotatable bonds is 10. The van der Waals surface area contributed by atoms with E-state index in [1.54, 1.807) is 6.08 Å². The second-order valence-corrected chi connectivity index (χ2v) is 8.52. The standard InChI is InChI=1S/C25H32N2O3S/c1-6-15-29-21-11-8-7-10-20(21)26-24(31)27-23(28)25(4,5)14-9-16-30-22-17-18(2)12-13-19(22)3/h6-8,10-13,17H,1,9,14-16H2,2-5H3,(H2,26,27,28,31). The van der Waals surface area contributed by atoms with Gasteiger partial charge in [0.1, 0.15) is 18.1 Å². The van der Waals surface area contributed by atoms with E-state index in [-0.39, 0.29) is 11.0 Å². The van der Waals surface area contributed by atoms with Crippen LogP contribution >= 0.6 is 12.2 Å². The molecular weight excluding hydrogens is 408 g/mol. The number of nitrogens with one attached hydrogen (secondary N) is 2. The predicted molar refractivity (Wildman–Crippen MR) is 131 cm³/mol. The molecule has 0 spiro atoms. The Morgan fingerprint density at radius 1 is 1.13 bits per heavy atom. The van der Waals surface area contributed by atoms with Crippen LogP contribution < -0.4 is 20.1 Å². The molecule has 0 saturated carbocycles. The van der Waals surface area contributed by atoms with Crippen LogP contribution in [0.1, 0.15) is 37.8 Å². The third-order valence-corrected chi connectivity index (χ3v) is 5.09. The molecule has 2 rings (SSSR count). The first-order valence-corrected chi connectivity index (χ1v) is 10.8. The lowest BCUT2D eigenvalue weighted by atomic mass is 9.87. The first kappa shape index (κ1) is 24.4. The van der Waals surface area contributed by atoms with E-state index in [1.807, 2.05) is 58.0 Å². The predicted octanol–water partition coefficient (Wildman–Crippen LogP) is 5.57. The number of ether oxygens (including phenoxy) is 2. The fourth-order valence-electron chi connectivity index (χ4n) is 2.94. The fraction of sp³-hybridized carbons (Fsp3) is 0.360. The van der Waals surface area contributed by atoms with E-state index in [0.29, 0.717) is 31.1 Å². The van der Waals surface area contributed by atoms with Gasteiger partial charge in [-0.2, -0.15) is 0 Å². The monoisotopic (exact) mass is 440 g/mol. The van der Waals surface area contributed by atoms with Gasteiger partial charge in [-0.3, -0.25) is 4.79 Å². The third kappa shape index (κ3) is 7.72. The van der Waals surface area contributed by atoms with Gasteiger partial charge in [-0.25, -0.2) is 0 Å². The molecule has 1 amide bonds. The summed E-state index contributed by atoms with van der Waals surface area (Å²) in [5.41, 5.74) is 2.37. The van der Waals surface area contributed by atoms with Crippen LogP contribution in [-0.4, -0.2) is 24.2 Å². The Morgan fingerprint density at radius 3 is 2.61 bits per heavy atom. The molecule has 0 aliphatic rings. The summed E-state index contributed by atoms with van der Waals surface area (Å²) in [6.07, 6.45) is 3.10. The summed E-state index contributed by atoms with van der Waals surface area (Å²) in [6.45, 7) is 12.5. The van der Waals surface area contributed by atoms with E-state index in [0.717, 1.165) is 23.3 Å². The van der Waals surface area contributed by atoms with Crippen molar-refractivity contribution >= 4 is 28.9 Å². The van der Waals surface area contributed by atoms with Crippen molar-refractivity contribution in [3.63, 3.8) is 0 Å². The van der Waals surface area contributed by atoms with Crippen LogP contribution in [-0.2, 0) is 4.79 Å². The number of benzene rings is 2. The van der Waals surface area contributed by atoms with Crippen molar-refractivity contribution < 1.29 is 14.3 Å². The minimum Gasteiger partial charge on any atom is -0.493 e. The van der Waals surface area contributed by atoms with Gasteiger partial charge in [-0.1, -0.05) is 50.8 Å². The summed E-state index contributed by atoms with van der Waals surface area (Å²) < 4.78 is 11.5. The number of aryl methyl sites for hydroxylation is 2. The first-order valence-electron chi connectivity index (χ1n) is 10.4. The van der Waals surface area contributed by atoms with E-state index >= 15 is 0 Å². The molecule has 0 aromatic heterocycles. The number of hydrogen-bond donors (Lipinski definition) is 2. The van der Waals surface area contributed by atoms with Crippen LogP contribution in [0.15, 0.2) is 55.1 Å². The van der Waals surface area contributed by atoms with Crippen LogP contribution in [0.2, 0.25) is 0 Å². The molecule has 0 aliphatic carbocycles. The van der Waals surface area contributed by atoms with E-state index in [9.17, 15) is 4.79 Å². The molecule has 166 valence electrons. The number of thiocarbonyl (C=S) groups is 1. The van der Waals surface area contributed by atoms with Gasteiger partial charge in [-0.15, -0.1) is 0 Å². The van der Waals surface area contributed by atoms with Gasteiger partial charge in [0.05, 0.1) is 12.3 Å². The average Bonchev–Trinajstić information content (AvgIpc) is 2.72. The van der Waals surface area contributed by atoms with Gasteiger partial charge >= 0.3 is 0 Å². The van der Waals surface area contributed by atoms with Crippen molar-refractivity contribution in [3.05, 3.63) is 66.2 Å². The largest absolute Gasteiger partial charge is 0.493 e. The number of carbonyl (C=O) groups is 1. The van der Waals surface area contributed by atoms with Crippen molar-refractivity contribution in [3.8, 4) is 11.5 Å². The van der Waals surface area contributed by atoms with E-state index in [4.69, 9.17) is 21.7 Å². The summed E-state index contributed by atoms with van der Waals surface area (Å²) >= 11 is 5.34. The van der Waals surface area contributed by atoms with E-state index in [2.05, 4.69) is 29.3 Å². The Morgan fingerprint density at radius 2 is 1.87 bits per heavy atom. The zero-order valence-corrected chi connectivity index (χ0v) is 19.6. The van der Waals surface area contributed by atoms with Crippen molar-refractivity contribution in [1.29, 1.82) is 0 Å². The summed E-state index contributed by atoms with van der Waals surface area (Å²) in [6, 6.07) is 13.6. The number of carbonyl (C=O) groups excluding carboxylic acids is 1. The Hall–Kier alpha value is -2.86. The lowest BCUT2D eigenvalue weighted by Crippen LogP contribution is -2.42. The molecule has 5 nitrogen and oxygen atoms in total. The minimum atomic E-state index is -0.588. The van der Waals surface area contributed by atoms with Crippen molar-refractivity contribution in [2.24, 2.45) is 5.41 Å². The number of para-hydroxylation sites is 2. The molecule has 2 aromatic rings. The third-order valence-electron chi connectivity index (χ3n) is 4.88. The summed E-state index contributed by atoms with van der Waals surface area (Å²) in [7, 11) is 0. The quantitative estimate of drug-likeness (QED) is 0.287. The number of anilines is 1. The van der Waals surface area contributed by atoms with Gasteiger partial charge < -0.3 is 20.1 Å². The first-order chi connectivity index (χ1) is 14.7. The molecule has 31 heavy (non-hydrogen) atoms. The van der Waals surface area contributed by atoms with Gasteiger partial charge in [0.2, 0.25) is 5.91 Å². The fourth-order valence-corrected chi connectivity index (χ4v) is 3.15. The zero-order valence-electron chi connectivity index (χ0n) is 18.8. The zero-order chi connectivity index (χ0) is 22.9. The molecule has 0 aliphatic heterocycles. The van der Waals surface area contributed by atoms with Crippen LogP contribution in [0.25, 0.3) is 0 Å². The van der Waals surface area contributed by atoms with Crippen LogP contribution in [0.4, 0.5) is 5.69 Å². The minimum absolute atomic E-state index is 0.138. The maximum atomic E-state index is 12.8. The smallest absolute Gasteiger partial charge is 0.231 e. The van der Waals surface area contributed by atoms with Crippen molar-refractivity contribution in [2.75, 3.05) is 18.5 Å². The van der Waals surface area contributed by atoms with Gasteiger partial charge in [-0.05, 0) is 68.2 Å². The van der Waals surface area contributed by atoms with Crippen LogP contribution in [0, 0.1) is 19.3 Å². The van der Waals surface area contributed by atoms with Crippen LogP contribution in [0.3, 0.4) is 0 Å². The number of amides is 1. The summed E-state index contributed by atoms with van der Waals surface area (Å²) in [5, 5.41) is 6.07. The molecule has 0 radical (unpaired) electrons. The summed E-state index contributed by atoms with van der Waals surface area (Å²) in [5.74, 6) is 1.40. The molecule has 6 heteroatoms. The second kappa shape index (κ2) is 11.5. The Balaban J connectivity index is 1.84. The van der Waals surface area contributed by atoms with E-state index < -0.39 is 5.41 Å². The molecule has 0 bridgehead atoms. The summed E-state index contributed by atoms with van der Waals surface area (Å²) in [4.78, 5) is 12.8. The Labute approximate surface area is 190 Å². The highest BCUT2D eigenvalue weighted by Crippen LogP contribution is 2.26. The molecule has 0 atom stereocenters. The van der Waals surface area contributed by atoms with Gasteiger partial charge in [0, 0.05) is 5.41 Å². The van der Waals surface area contributed by atoms with Crippen molar-refractivity contribution in [1.82, 2.24) is 5.32 Å². The Kier molecular flexibility index (Phi) is 9.06. The molecule has 0 fully saturated rings. The van der Waals surface area contributed by atoms with Crippen molar-refractivity contribution in [2.45, 2.75) is 40.5 Å². The molecule has 0 unspecified atom stereocenters. The van der Waals surface area contributed by atoms with Crippen LogP contribution in [0.5, 0.6) is 11.5 Å². The van der Waals surface area contributed by atoms with Gasteiger partial charge in [0.15, 0.2) is 5.11 Å². The highest BCUT2D eigenvalue weighted by molar-refractivity contribution is 7.80. The SMILES string of the molecule is C=CCOc1ccccc1NC(=S)NC(=O)C(C)(C)CCCOc1cc(C)ccc1C. The second-order valence-electron chi connectivity index (χ2n) is 8.11. The molecule has 2 N–H and O–H groups in total. The Bertz CT molecular complexity index is 925. The lowest BCUT2D eigenvalue weighted by molar-refractivity contribution is -0.128. The molecule has 0 saturated heterocycles. The molecule has 0 heterocycles. The van der Waals surface area contributed by atoms with Gasteiger partial charge in [0.25, 0.3) is 0 Å². The lowest BCUT2D eigenvalue weighted by Gasteiger charge is -2.24. The topological polar surface area (TPSA) is 59.6 Å². The maximum Gasteiger partial charge on any atom is 0.231 e.